The minimum atomic E-state index is -1.09. The number of hydrogen-bond acceptors (Lipinski definition) is 3. The SMILES string of the molecule is CC(=O)OC(C)C(=O)c1ccc(F)cc1F. The Morgan fingerprint density at radius 1 is 1.31 bits per heavy atom. The van der Waals surface area contributed by atoms with Crippen molar-refractivity contribution in [2.45, 2.75) is 20.0 Å². The van der Waals surface area contributed by atoms with E-state index in [1.54, 1.807) is 0 Å². The number of benzene rings is 1. The Labute approximate surface area is 91.0 Å². The summed E-state index contributed by atoms with van der Waals surface area (Å²) in [5, 5.41) is 0. The van der Waals surface area contributed by atoms with Crippen molar-refractivity contribution in [3.05, 3.63) is 35.4 Å². The molecule has 0 aliphatic rings. The van der Waals surface area contributed by atoms with E-state index < -0.39 is 29.5 Å². The zero-order valence-electron chi connectivity index (χ0n) is 8.79. The Bertz CT molecular complexity index is 429. The number of hydrogen-bond donors (Lipinski definition) is 0. The first kappa shape index (κ1) is 12.3. The number of rotatable bonds is 3. The van der Waals surface area contributed by atoms with Crippen LogP contribution in [0.5, 0.6) is 0 Å². The van der Waals surface area contributed by atoms with Gasteiger partial charge in [-0.25, -0.2) is 8.78 Å². The van der Waals surface area contributed by atoms with Gasteiger partial charge in [-0.05, 0) is 19.1 Å². The van der Waals surface area contributed by atoms with Crippen LogP contribution in [0.4, 0.5) is 8.78 Å². The van der Waals surface area contributed by atoms with Crippen LogP contribution in [0, 0.1) is 11.6 Å². The molecule has 16 heavy (non-hydrogen) atoms. The molecule has 5 heteroatoms. The molecule has 0 radical (unpaired) electrons. The van der Waals surface area contributed by atoms with E-state index in [9.17, 15) is 18.4 Å². The minimum Gasteiger partial charge on any atom is -0.454 e. The van der Waals surface area contributed by atoms with Crippen LogP contribution in [0.1, 0.15) is 24.2 Å². The first-order chi connectivity index (χ1) is 7.41. The average molecular weight is 228 g/mol. The third-order valence-corrected chi connectivity index (χ3v) is 1.91. The maximum Gasteiger partial charge on any atom is 0.303 e. The molecule has 1 unspecified atom stereocenters. The largest absolute Gasteiger partial charge is 0.454 e. The quantitative estimate of drug-likeness (QED) is 0.587. The standard InChI is InChI=1S/C11H10F2O3/c1-6(16-7(2)14)11(15)9-4-3-8(12)5-10(9)13/h3-6H,1-2H3. The van der Waals surface area contributed by atoms with Gasteiger partial charge in [-0.3, -0.25) is 9.59 Å². The molecule has 1 aromatic rings. The molecule has 0 aromatic heterocycles. The molecule has 0 saturated carbocycles. The van der Waals surface area contributed by atoms with Gasteiger partial charge in [0.05, 0.1) is 5.56 Å². The van der Waals surface area contributed by atoms with E-state index >= 15 is 0 Å². The topological polar surface area (TPSA) is 43.4 Å². The van der Waals surface area contributed by atoms with Gasteiger partial charge in [0.15, 0.2) is 6.10 Å². The predicted octanol–water partition coefficient (Wildman–Crippen LogP) is 2.10. The van der Waals surface area contributed by atoms with Crippen molar-refractivity contribution >= 4 is 11.8 Å². The maximum absolute atomic E-state index is 13.2. The van der Waals surface area contributed by atoms with E-state index in [2.05, 4.69) is 4.74 Å². The number of carbonyl (C=O) groups excluding carboxylic acids is 2. The zero-order valence-corrected chi connectivity index (χ0v) is 8.79. The van der Waals surface area contributed by atoms with Crippen LogP contribution >= 0.6 is 0 Å². The van der Waals surface area contributed by atoms with Crippen LogP contribution in [0.15, 0.2) is 18.2 Å². The third-order valence-electron chi connectivity index (χ3n) is 1.91. The van der Waals surface area contributed by atoms with E-state index in [-0.39, 0.29) is 5.56 Å². The summed E-state index contributed by atoms with van der Waals surface area (Å²) in [4.78, 5) is 22.2. The van der Waals surface area contributed by atoms with E-state index in [1.165, 1.54) is 6.92 Å². The molecule has 0 saturated heterocycles. The molecule has 1 rings (SSSR count). The molecular weight excluding hydrogens is 218 g/mol. The van der Waals surface area contributed by atoms with Crippen LogP contribution < -0.4 is 0 Å². The van der Waals surface area contributed by atoms with Gasteiger partial charge in [-0.15, -0.1) is 0 Å². The number of ether oxygens (including phenoxy) is 1. The van der Waals surface area contributed by atoms with Crippen LogP contribution in [0.2, 0.25) is 0 Å². The summed E-state index contributed by atoms with van der Waals surface area (Å²) in [6.07, 6.45) is -1.09. The second-order valence-electron chi connectivity index (χ2n) is 3.24. The van der Waals surface area contributed by atoms with Crippen molar-refractivity contribution < 1.29 is 23.1 Å². The second-order valence-corrected chi connectivity index (χ2v) is 3.24. The predicted molar refractivity (Wildman–Crippen MR) is 51.9 cm³/mol. The Kier molecular flexibility index (Phi) is 3.71. The summed E-state index contributed by atoms with van der Waals surface area (Å²) >= 11 is 0. The highest BCUT2D eigenvalue weighted by Crippen LogP contribution is 2.13. The summed E-state index contributed by atoms with van der Waals surface area (Å²) in [5.74, 6) is -3.07. The van der Waals surface area contributed by atoms with Crippen molar-refractivity contribution in [2.75, 3.05) is 0 Å². The molecule has 1 aromatic carbocycles. The summed E-state index contributed by atoms with van der Waals surface area (Å²) in [5.41, 5.74) is -0.296. The molecule has 86 valence electrons. The van der Waals surface area contributed by atoms with Gasteiger partial charge in [0.2, 0.25) is 5.78 Å². The van der Waals surface area contributed by atoms with E-state index in [1.807, 2.05) is 0 Å². The first-order valence-corrected chi connectivity index (χ1v) is 4.58. The zero-order chi connectivity index (χ0) is 12.3. The van der Waals surface area contributed by atoms with Gasteiger partial charge < -0.3 is 4.74 Å². The molecule has 1 atom stereocenters. The van der Waals surface area contributed by atoms with Gasteiger partial charge in [-0.2, -0.15) is 0 Å². The Hall–Kier alpha value is -1.78. The monoisotopic (exact) mass is 228 g/mol. The average Bonchev–Trinajstić information content (AvgIpc) is 2.15. The van der Waals surface area contributed by atoms with E-state index in [4.69, 9.17) is 0 Å². The highest BCUT2D eigenvalue weighted by atomic mass is 19.1. The lowest BCUT2D eigenvalue weighted by Gasteiger charge is -2.10. The van der Waals surface area contributed by atoms with Crippen LogP contribution in [-0.2, 0) is 9.53 Å². The molecular formula is C11H10F2O3. The number of carbonyl (C=O) groups is 2. The van der Waals surface area contributed by atoms with Crippen molar-refractivity contribution in [2.24, 2.45) is 0 Å². The molecule has 0 amide bonds. The highest BCUT2D eigenvalue weighted by Gasteiger charge is 2.21. The van der Waals surface area contributed by atoms with Crippen LogP contribution in [-0.4, -0.2) is 17.9 Å². The Morgan fingerprint density at radius 2 is 1.94 bits per heavy atom. The molecule has 3 nitrogen and oxygen atoms in total. The molecule has 0 fully saturated rings. The first-order valence-electron chi connectivity index (χ1n) is 4.58. The van der Waals surface area contributed by atoms with Crippen LogP contribution in [0.3, 0.4) is 0 Å². The fourth-order valence-corrected chi connectivity index (χ4v) is 1.21. The fraction of sp³-hybridized carbons (Fsp3) is 0.273. The smallest absolute Gasteiger partial charge is 0.303 e. The Morgan fingerprint density at radius 3 is 2.44 bits per heavy atom. The number of Topliss-reactive ketones (excluding diaryl/α,β-unsaturated/α-hetero) is 1. The second kappa shape index (κ2) is 4.83. The van der Waals surface area contributed by atoms with Gasteiger partial charge >= 0.3 is 5.97 Å². The summed E-state index contributed by atoms with van der Waals surface area (Å²) < 4.78 is 30.4. The molecule has 0 aliphatic carbocycles. The normalized spacial score (nSPS) is 12.0. The maximum atomic E-state index is 13.2. The Balaban J connectivity index is 2.92. The van der Waals surface area contributed by atoms with E-state index in [0.717, 1.165) is 19.1 Å². The van der Waals surface area contributed by atoms with Gasteiger partial charge in [-0.1, -0.05) is 0 Å². The fourth-order valence-electron chi connectivity index (χ4n) is 1.21. The lowest BCUT2D eigenvalue weighted by molar-refractivity contribution is -0.143. The number of esters is 1. The molecule has 0 N–H and O–H groups in total. The lowest BCUT2D eigenvalue weighted by Crippen LogP contribution is -2.24. The summed E-state index contributed by atoms with van der Waals surface area (Å²) in [6.45, 7) is 2.47. The third kappa shape index (κ3) is 2.85. The van der Waals surface area contributed by atoms with E-state index in [0.29, 0.717) is 6.07 Å². The van der Waals surface area contributed by atoms with Gasteiger partial charge in [0.25, 0.3) is 0 Å². The minimum absolute atomic E-state index is 0.296. The van der Waals surface area contributed by atoms with Gasteiger partial charge in [0, 0.05) is 13.0 Å². The van der Waals surface area contributed by atoms with Crippen molar-refractivity contribution in [3.8, 4) is 0 Å². The van der Waals surface area contributed by atoms with Gasteiger partial charge in [0.1, 0.15) is 11.6 Å². The number of ketones is 1. The summed E-state index contributed by atoms with van der Waals surface area (Å²) in [6, 6.07) is 2.59. The van der Waals surface area contributed by atoms with Crippen molar-refractivity contribution in [1.82, 2.24) is 0 Å². The molecule has 0 aliphatic heterocycles. The highest BCUT2D eigenvalue weighted by molar-refractivity contribution is 6.00. The number of halogens is 2. The van der Waals surface area contributed by atoms with Crippen molar-refractivity contribution in [3.63, 3.8) is 0 Å². The lowest BCUT2D eigenvalue weighted by atomic mass is 10.1. The molecule has 0 bridgehead atoms. The molecule has 0 spiro atoms. The molecule has 0 heterocycles. The summed E-state index contributed by atoms with van der Waals surface area (Å²) in [7, 11) is 0. The van der Waals surface area contributed by atoms with Crippen molar-refractivity contribution in [1.29, 1.82) is 0 Å². The van der Waals surface area contributed by atoms with Crippen LogP contribution in [0.25, 0.3) is 0 Å².